The predicted octanol–water partition coefficient (Wildman–Crippen LogP) is 2.69. The Kier molecular flexibility index (Phi) is 2.77. The van der Waals surface area contributed by atoms with E-state index in [-0.39, 0.29) is 0 Å². The lowest BCUT2D eigenvalue weighted by molar-refractivity contribution is -0.116. The number of hydrogen-bond donors (Lipinski definition) is 0. The second kappa shape index (κ2) is 4.68. The summed E-state index contributed by atoms with van der Waals surface area (Å²) in [5, 5.41) is 1.75. The molecule has 0 bridgehead atoms. The van der Waals surface area contributed by atoms with Gasteiger partial charge in [0, 0.05) is 12.1 Å². The molecule has 2 heterocycles. The molecule has 0 radical (unpaired) electrons. The molecule has 2 aromatic rings. The number of Topliss-reactive ketones (excluding diaryl/α,β-unsaturated/α-hetero) is 1. The Morgan fingerprint density at radius 2 is 1.68 bits per heavy atom. The van der Waals surface area contributed by atoms with Crippen LogP contribution in [0.1, 0.15) is 29.1 Å². The highest BCUT2D eigenvalue weighted by atomic mass is 16.7. The molecule has 22 heavy (non-hydrogen) atoms. The van der Waals surface area contributed by atoms with Crippen LogP contribution in [-0.2, 0) is 9.63 Å². The van der Waals surface area contributed by atoms with Gasteiger partial charge in [-0.1, -0.05) is 30.3 Å². The Labute approximate surface area is 127 Å². The van der Waals surface area contributed by atoms with Crippen LogP contribution in [0, 0.1) is 0 Å². The summed E-state index contributed by atoms with van der Waals surface area (Å²) in [5.74, 6) is -1.02. The molecule has 1 amide bonds. The summed E-state index contributed by atoms with van der Waals surface area (Å²) in [6.45, 7) is 2.63. The van der Waals surface area contributed by atoms with Crippen molar-refractivity contribution in [3.05, 3.63) is 59.7 Å². The fraction of sp³-hybridized carbons (Fsp3) is 0.176. The average molecular weight is 294 g/mol. The molecule has 4 rings (SSSR count). The fourth-order valence-electron chi connectivity index (χ4n) is 3.03. The Balaban J connectivity index is 1.84. The number of amides is 1. The topological polar surface area (TPSA) is 49.9 Å². The molecule has 0 N–H and O–H groups in total. The van der Waals surface area contributed by atoms with E-state index >= 15 is 0 Å². The Bertz CT molecular complexity index is 787. The zero-order valence-corrected chi connectivity index (χ0v) is 12.0. The first kappa shape index (κ1) is 13.0. The summed E-state index contributed by atoms with van der Waals surface area (Å²) in [6, 6.07) is 14.7. The number of nitrogens with zero attached hydrogens (tertiary/aromatic N) is 2. The lowest BCUT2D eigenvalue weighted by Crippen LogP contribution is -2.35. The summed E-state index contributed by atoms with van der Waals surface area (Å²) in [4.78, 5) is 32.0. The van der Waals surface area contributed by atoms with Gasteiger partial charge in [-0.25, -0.2) is 4.84 Å². The first-order valence-corrected chi connectivity index (χ1v) is 7.22. The van der Waals surface area contributed by atoms with Gasteiger partial charge in [0.15, 0.2) is 6.23 Å². The minimum atomic E-state index is -0.601. The highest BCUT2D eigenvalue weighted by Crippen LogP contribution is 2.44. The van der Waals surface area contributed by atoms with Gasteiger partial charge in [0.2, 0.25) is 0 Å². The average Bonchev–Trinajstić information content (AvgIpc) is 3.04. The van der Waals surface area contributed by atoms with Crippen LogP contribution in [0.5, 0.6) is 0 Å². The summed E-state index contributed by atoms with van der Waals surface area (Å²) >= 11 is 0. The SMILES string of the molecule is CCN1OC(N2C(=O)C(=O)c3ccccc32)c2ccccc21. The van der Waals surface area contributed by atoms with E-state index in [0.29, 0.717) is 17.8 Å². The number of carbonyl (C=O) groups excluding carboxylic acids is 2. The minimum Gasteiger partial charge on any atom is -0.283 e. The molecule has 2 aliphatic rings. The van der Waals surface area contributed by atoms with Crippen LogP contribution in [0.4, 0.5) is 11.4 Å². The van der Waals surface area contributed by atoms with Crippen LogP contribution in [0.25, 0.3) is 0 Å². The lowest BCUT2D eigenvalue weighted by Gasteiger charge is -2.24. The summed E-state index contributed by atoms with van der Waals surface area (Å²) in [7, 11) is 0. The summed E-state index contributed by atoms with van der Waals surface area (Å²) in [6.07, 6.45) is -0.601. The van der Waals surface area contributed by atoms with Crippen LogP contribution < -0.4 is 9.96 Å². The zero-order chi connectivity index (χ0) is 15.3. The third-order valence-electron chi connectivity index (χ3n) is 4.04. The van der Waals surface area contributed by atoms with Gasteiger partial charge >= 0.3 is 5.91 Å². The standard InChI is InChI=1S/C17H14N2O3/c1-2-18-13-9-5-4-8-12(13)17(22-18)19-14-10-6-3-7-11(14)15(20)16(19)21/h3-10,17H,2H2,1H3. The van der Waals surface area contributed by atoms with E-state index in [1.54, 1.807) is 23.3 Å². The van der Waals surface area contributed by atoms with Crippen LogP contribution in [0.2, 0.25) is 0 Å². The summed E-state index contributed by atoms with van der Waals surface area (Å²) in [5.41, 5.74) is 2.86. The maximum Gasteiger partial charge on any atom is 0.301 e. The van der Waals surface area contributed by atoms with E-state index in [1.807, 2.05) is 37.3 Å². The van der Waals surface area contributed by atoms with Gasteiger partial charge in [-0.3, -0.25) is 19.6 Å². The van der Waals surface area contributed by atoms with Crippen molar-refractivity contribution >= 4 is 23.1 Å². The molecule has 0 aliphatic carbocycles. The molecule has 0 spiro atoms. The van der Waals surface area contributed by atoms with Gasteiger partial charge < -0.3 is 0 Å². The van der Waals surface area contributed by atoms with Crippen LogP contribution in [-0.4, -0.2) is 18.2 Å². The van der Waals surface area contributed by atoms with Crippen molar-refractivity contribution in [1.82, 2.24) is 0 Å². The van der Waals surface area contributed by atoms with Crippen molar-refractivity contribution in [1.29, 1.82) is 0 Å². The van der Waals surface area contributed by atoms with Crippen LogP contribution in [0.15, 0.2) is 48.5 Å². The highest BCUT2D eigenvalue weighted by Gasteiger charge is 2.44. The monoisotopic (exact) mass is 294 g/mol. The van der Waals surface area contributed by atoms with E-state index < -0.39 is 17.9 Å². The zero-order valence-electron chi connectivity index (χ0n) is 12.0. The molecular formula is C17H14N2O3. The van der Waals surface area contributed by atoms with Crippen LogP contribution in [0.3, 0.4) is 0 Å². The number of hydrogen-bond acceptors (Lipinski definition) is 4. The number of rotatable bonds is 2. The minimum absolute atomic E-state index is 0.434. The first-order chi connectivity index (χ1) is 10.7. The first-order valence-electron chi connectivity index (χ1n) is 7.22. The van der Waals surface area contributed by atoms with E-state index in [1.165, 1.54) is 4.90 Å². The third kappa shape index (κ3) is 1.63. The van der Waals surface area contributed by atoms with Gasteiger partial charge in [0.25, 0.3) is 5.78 Å². The number of fused-ring (bicyclic) bond motifs is 2. The van der Waals surface area contributed by atoms with Crippen molar-refractivity contribution in [3.63, 3.8) is 0 Å². The number of para-hydroxylation sites is 2. The van der Waals surface area contributed by atoms with Crippen molar-refractivity contribution in [3.8, 4) is 0 Å². The number of anilines is 2. The normalized spacial score (nSPS) is 19.6. The number of ketones is 1. The smallest absolute Gasteiger partial charge is 0.283 e. The molecule has 2 aromatic carbocycles. The molecule has 0 saturated heterocycles. The molecule has 5 nitrogen and oxygen atoms in total. The van der Waals surface area contributed by atoms with E-state index in [2.05, 4.69) is 0 Å². The summed E-state index contributed by atoms with van der Waals surface area (Å²) < 4.78 is 0. The highest BCUT2D eigenvalue weighted by molar-refractivity contribution is 6.52. The van der Waals surface area contributed by atoms with Gasteiger partial charge in [0.05, 0.1) is 16.9 Å². The molecule has 0 saturated carbocycles. The molecular weight excluding hydrogens is 280 g/mol. The lowest BCUT2D eigenvalue weighted by atomic mass is 10.1. The molecule has 1 atom stereocenters. The number of benzene rings is 2. The van der Waals surface area contributed by atoms with Gasteiger partial charge in [0.1, 0.15) is 0 Å². The van der Waals surface area contributed by atoms with Crippen molar-refractivity contribution in [2.24, 2.45) is 0 Å². The fourth-order valence-corrected chi connectivity index (χ4v) is 3.03. The maximum absolute atomic E-state index is 12.4. The quantitative estimate of drug-likeness (QED) is 0.799. The van der Waals surface area contributed by atoms with Crippen molar-refractivity contribution in [2.45, 2.75) is 13.2 Å². The molecule has 5 heteroatoms. The van der Waals surface area contributed by atoms with Gasteiger partial charge in [-0.2, -0.15) is 0 Å². The largest absolute Gasteiger partial charge is 0.301 e. The van der Waals surface area contributed by atoms with Crippen molar-refractivity contribution < 1.29 is 14.4 Å². The molecule has 110 valence electrons. The predicted molar refractivity (Wildman–Crippen MR) is 81.5 cm³/mol. The second-order valence-electron chi connectivity index (χ2n) is 5.23. The maximum atomic E-state index is 12.4. The van der Waals surface area contributed by atoms with E-state index in [9.17, 15) is 9.59 Å². The number of hydroxylamine groups is 1. The number of carbonyl (C=O) groups is 2. The van der Waals surface area contributed by atoms with E-state index in [0.717, 1.165) is 11.3 Å². The molecule has 2 aliphatic heterocycles. The second-order valence-corrected chi connectivity index (χ2v) is 5.23. The Hall–Kier alpha value is -2.66. The Morgan fingerprint density at radius 1 is 1.00 bits per heavy atom. The third-order valence-corrected chi connectivity index (χ3v) is 4.04. The van der Waals surface area contributed by atoms with Crippen molar-refractivity contribution in [2.75, 3.05) is 16.5 Å². The van der Waals surface area contributed by atoms with Gasteiger partial charge in [-0.05, 0) is 25.1 Å². The van der Waals surface area contributed by atoms with Gasteiger partial charge in [-0.15, -0.1) is 0 Å². The molecule has 1 unspecified atom stereocenters. The Morgan fingerprint density at radius 3 is 2.45 bits per heavy atom. The molecule has 0 aromatic heterocycles. The van der Waals surface area contributed by atoms with E-state index in [4.69, 9.17) is 4.84 Å². The molecule has 0 fully saturated rings. The van der Waals surface area contributed by atoms with Crippen LogP contribution >= 0.6 is 0 Å².